The number of nitrogens with one attached hydrogen (secondary N) is 3. The predicted octanol–water partition coefficient (Wildman–Crippen LogP) is 4.31. The van der Waals surface area contributed by atoms with Crippen LogP contribution in [-0.2, 0) is 4.79 Å². The Labute approximate surface area is 161 Å². The van der Waals surface area contributed by atoms with Gasteiger partial charge >= 0.3 is 6.03 Å². The van der Waals surface area contributed by atoms with E-state index in [9.17, 15) is 9.59 Å². The zero-order chi connectivity index (χ0) is 18.9. The standard InChI is InChI=1S/C18H19Cl2N3O3/c1-12-11-14(20)6-9-16(12)26-10-2-3-17(24)22-23-18(25)21-15-7-4-13(19)5-8-15/h4-9,11H,2-3,10H2,1H3,(H,22,24)(H2,21,23,25). The summed E-state index contributed by atoms with van der Waals surface area (Å²) >= 11 is 11.6. The lowest BCUT2D eigenvalue weighted by molar-refractivity contribution is -0.122. The molecule has 26 heavy (non-hydrogen) atoms. The van der Waals surface area contributed by atoms with Crippen molar-refractivity contribution >= 4 is 40.8 Å². The molecule has 6 nitrogen and oxygen atoms in total. The van der Waals surface area contributed by atoms with Crippen LogP contribution in [0.3, 0.4) is 0 Å². The van der Waals surface area contributed by atoms with Crippen LogP contribution in [0.15, 0.2) is 42.5 Å². The van der Waals surface area contributed by atoms with Crippen LogP contribution in [0.2, 0.25) is 10.0 Å². The van der Waals surface area contributed by atoms with Gasteiger partial charge in [0, 0.05) is 22.2 Å². The summed E-state index contributed by atoms with van der Waals surface area (Å²) in [6, 6.07) is 11.4. The predicted molar refractivity (Wildman–Crippen MR) is 103 cm³/mol. The molecule has 0 unspecified atom stereocenters. The summed E-state index contributed by atoms with van der Waals surface area (Å²) in [5.41, 5.74) is 6.11. The number of rotatable bonds is 6. The van der Waals surface area contributed by atoms with Gasteiger partial charge in [0.2, 0.25) is 5.91 Å². The first-order chi connectivity index (χ1) is 12.4. The zero-order valence-electron chi connectivity index (χ0n) is 14.1. The monoisotopic (exact) mass is 395 g/mol. The Balaban J connectivity index is 1.62. The number of ether oxygens (including phenoxy) is 1. The molecule has 3 amide bonds. The summed E-state index contributed by atoms with van der Waals surface area (Å²) in [7, 11) is 0. The molecular formula is C18H19Cl2N3O3. The molecule has 0 spiro atoms. The normalized spacial score (nSPS) is 10.1. The average Bonchev–Trinajstić information content (AvgIpc) is 2.60. The van der Waals surface area contributed by atoms with Gasteiger partial charge in [-0.15, -0.1) is 0 Å². The second-order valence-electron chi connectivity index (χ2n) is 5.50. The van der Waals surface area contributed by atoms with Gasteiger partial charge in [0.1, 0.15) is 5.75 Å². The lowest BCUT2D eigenvalue weighted by Gasteiger charge is -2.10. The van der Waals surface area contributed by atoms with Crippen molar-refractivity contribution in [2.75, 3.05) is 11.9 Å². The molecular weight excluding hydrogens is 377 g/mol. The maximum atomic E-state index is 11.7. The average molecular weight is 396 g/mol. The highest BCUT2D eigenvalue weighted by Gasteiger charge is 2.06. The molecule has 2 aromatic carbocycles. The molecule has 138 valence electrons. The summed E-state index contributed by atoms with van der Waals surface area (Å²) in [4.78, 5) is 23.4. The zero-order valence-corrected chi connectivity index (χ0v) is 15.7. The van der Waals surface area contributed by atoms with Crippen molar-refractivity contribution in [2.45, 2.75) is 19.8 Å². The van der Waals surface area contributed by atoms with Crippen LogP contribution in [0.1, 0.15) is 18.4 Å². The highest BCUT2D eigenvalue weighted by molar-refractivity contribution is 6.31. The molecule has 0 aromatic heterocycles. The number of hydrazine groups is 1. The molecule has 0 heterocycles. The molecule has 2 aromatic rings. The number of halogens is 2. The van der Waals surface area contributed by atoms with Crippen molar-refractivity contribution in [3.05, 3.63) is 58.1 Å². The van der Waals surface area contributed by atoms with E-state index in [1.54, 1.807) is 36.4 Å². The fourth-order valence-corrected chi connectivity index (χ4v) is 2.43. The Kier molecular flexibility index (Phi) is 7.56. The van der Waals surface area contributed by atoms with E-state index in [4.69, 9.17) is 27.9 Å². The Hall–Kier alpha value is -2.44. The van der Waals surface area contributed by atoms with Crippen LogP contribution >= 0.6 is 23.2 Å². The molecule has 0 bridgehead atoms. The van der Waals surface area contributed by atoms with Crippen LogP contribution in [0.4, 0.5) is 10.5 Å². The minimum atomic E-state index is -0.547. The smallest absolute Gasteiger partial charge is 0.337 e. The molecule has 0 aliphatic heterocycles. The van der Waals surface area contributed by atoms with E-state index in [2.05, 4.69) is 16.2 Å². The topological polar surface area (TPSA) is 79.5 Å². The van der Waals surface area contributed by atoms with Gasteiger partial charge in [-0.3, -0.25) is 10.2 Å². The third-order valence-electron chi connectivity index (χ3n) is 3.36. The molecule has 0 radical (unpaired) electrons. The summed E-state index contributed by atoms with van der Waals surface area (Å²) in [5, 5.41) is 3.79. The molecule has 3 N–H and O–H groups in total. The van der Waals surface area contributed by atoms with Gasteiger partial charge in [-0.2, -0.15) is 0 Å². The Morgan fingerprint density at radius 3 is 2.38 bits per heavy atom. The maximum Gasteiger partial charge on any atom is 0.337 e. The van der Waals surface area contributed by atoms with Gasteiger partial charge in [-0.1, -0.05) is 23.2 Å². The molecule has 0 fully saturated rings. The minimum absolute atomic E-state index is 0.216. The third-order valence-corrected chi connectivity index (χ3v) is 3.85. The lowest BCUT2D eigenvalue weighted by Crippen LogP contribution is -2.43. The van der Waals surface area contributed by atoms with E-state index < -0.39 is 6.03 Å². The highest BCUT2D eigenvalue weighted by atomic mass is 35.5. The first-order valence-electron chi connectivity index (χ1n) is 7.94. The number of amides is 3. The van der Waals surface area contributed by atoms with Crippen molar-refractivity contribution < 1.29 is 14.3 Å². The van der Waals surface area contributed by atoms with Gasteiger partial charge in [-0.05, 0) is 61.4 Å². The van der Waals surface area contributed by atoms with Crippen molar-refractivity contribution in [1.29, 1.82) is 0 Å². The largest absolute Gasteiger partial charge is 0.493 e. The van der Waals surface area contributed by atoms with Crippen LogP contribution in [-0.4, -0.2) is 18.5 Å². The molecule has 0 aliphatic carbocycles. The van der Waals surface area contributed by atoms with E-state index in [1.165, 1.54) is 0 Å². The number of carbonyl (C=O) groups excluding carboxylic acids is 2. The number of anilines is 1. The van der Waals surface area contributed by atoms with E-state index >= 15 is 0 Å². The van der Waals surface area contributed by atoms with Crippen LogP contribution in [0.5, 0.6) is 5.75 Å². The molecule has 8 heteroatoms. The van der Waals surface area contributed by atoms with Crippen LogP contribution < -0.4 is 20.9 Å². The number of benzene rings is 2. The number of hydrogen-bond donors (Lipinski definition) is 3. The molecule has 0 saturated heterocycles. The number of urea groups is 1. The summed E-state index contributed by atoms with van der Waals surface area (Å²) in [5.74, 6) is 0.419. The number of hydrogen-bond acceptors (Lipinski definition) is 3. The van der Waals surface area contributed by atoms with E-state index in [0.29, 0.717) is 28.8 Å². The SMILES string of the molecule is Cc1cc(Cl)ccc1OCCCC(=O)NNC(=O)Nc1ccc(Cl)cc1. The van der Waals surface area contributed by atoms with Crippen molar-refractivity contribution in [3.63, 3.8) is 0 Å². The maximum absolute atomic E-state index is 11.7. The molecule has 0 aliphatic rings. The van der Waals surface area contributed by atoms with E-state index in [0.717, 1.165) is 11.3 Å². The summed E-state index contributed by atoms with van der Waals surface area (Å²) in [6.45, 7) is 2.28. The number of carbonyl (C=O) groups is 2. The minimum Gasteiger partial charge on any atom is -0.493 e. The van der Waals surface area contributed by atoms with Crippen LogP contribution in [0, 0.1) is 6.92 Å². The lowest BCUT2D eigenvalue weighted by atomic mass is 10.2. The summed E-state index contributed by atoms with van der Waals surface area (Å²) in [6.07, 6.45) is 0.724. The summed E-state index contributed by atoms with van der Waals surface area (Å²) < 4.78 is 5.61. The van der Waals surface area contributed by atoms with Gasteiger partial charge in [0.25, 0.3) is 0 Å². The quantitative estimate of drug-likeness (QED) is 0.503. The first-order valence-corrected chi connectivity index (χ1v) is 8.70. The molecule has 2 rings (SSSR count). The Morgan fingerprint density at radius 2 is 1.69 bits per heavy atom. The fourth-order valence-electron chi connectivity index (χ4n) is 2.07. The van der Waals surface area contributed by atoms with Gasteiger partial charge in [-0.25, -0.2) is 10.2 Å². The van der Waals surface area contributed by atoms with Gasteiger partial charge < -0.3 is 10.1 Å². The van der Waals surface area contributed by atoms with Crippen LogP contribution in [0.25, 0.3) is 0 Å². The number of aryl methyl sites for hydroxylation is 1. The van der Waals surface area contributed by atoms with E-state index in [-0.39, 0.29) is 12.3 Å². The Bertz CT molecular complexity index is 767. The molecule has 0 atom stereocenters. The second kappa shape index (κ2) is 9.89. The van der Waals surface area contributed by atoms with Crippen molar-refractivity contribution in [1.82, 2.24) is 10.9 Å². The van der Waals surface area contributed by atoms with Crippen molar-refractivity contribution in [2.24, 2.45) is 0 Å². The Morgan fingerprint density at radius 1 is 1.00 bits per heavy atom. The highest BCUT2D eigenvalue weighted by Crippen LogP contribution is 2.21. The van der Waals surface area contributed by atoms with Gasteiger partial charge in [0.15, 0.2) is 0 Å². The van der Waals surface area contributed by atoms with E-state index in [1.807, 2.05) is 13.0 Å². The third kappa shape index (κ3) is 6.82. The van der Waals surface area contributed by atoms with Crippen molar-refractivity contribution in [3.8, 4) is 5.75 Å². The fraction of sp³-hybridized carbons (Fsp3) is 0.222. The second-order valence-corrected chi connectivity index (χ2v) is 6.37. The first kappa shape index (κ1) is 19.9. The molecule has 0 saturated carbocycles. The van der Waals surface area contributed by atoms with Gasteiger partial charge in [0.05, 0.1) is 6.61 Å².